The van der Waals surface area contributed by atoms with Gasteiger partial charge in [0.15, 0.2) is 17.2 Å². The molecule has 0 spiro atoms. The molecule has 2 aromatic rings. The molecule has 2 amide bonds. The third-order valence-electron chi connectivity index (χ3n) is 4.33. The molecule has 142 valence electrons. The van der Waals surface area contributed by atoms with Crippen LogP contribution in [0.15, 0.2) is 30.3 Å². The van der Waals surface area contributed by atoms with E-state index in [1.165, 1.54) is 19.2 Å². The van der Waals surface area contributed by atoms with Gasteiger partial charge in [0.2, 0.25) is 5.91 Å². The molecular formula is C19H19ClN2O5. The van der Waals surface area contributed by atoms with Crippen LogP contribution in [0.5, 0.6) is 17.2 Å². The Morgan fingerprint density at radius 2 is 2.04 bits per heavy atom. The Balaban J connectivity index is 1.83. The molecule has 1 atom stereocenters. The van der Waals surface area contributed by atoms with Gasteiger partial charge < -0.3 is 25.3 Å². The Morgan fingerprint density at radius 1 is 1.26 bits per heavy atom. The summed E-state index contributed by atoms with van der Waals surface area (Å²) >= 11 is 6.04. The molecule has 0 fully saturated rings. The van der Waals surface area contributed by atoms with E-state index in [2.05, 4.69) is 5.32 Å². The zero-order valence-corrected chi connectivity index (χ0v) is 15.6. The minimum Gasteiger partial charge on any atom is -0.494 e. The summed E-state index contributed by atoms with van der Waals surface area (Å²) in [5.74, 6) is 0.0464. The topological polar surface area (TPSA) is 99.9 Å². The summed E-state index contributed by atoms with van der Waals surface area (Å²) in [5, 5.41) is 3.02. The van der Waals surface area contributed by atoms with Gasteiger partial charge in [-0.05, 0) is 30.2 Å². The molecule has 1 aliphatic heterocycles. The number of primary amides is 1. The zero-order chi connectivity index (χ0) is 19.6. The number of hydrogen-bond donors (Lipinski definition) is 2. The first-order valence-corrected chi connectivity index (χ1v) is 8.59. The highest BCUT2D eigenvalue weighted by molar-refractivity contribution is 6.31. The van der Waals surface area contributed by atoms with E-state index < -0.39 is 11.8 Å². The first-order valence-electron chi connectivity index (χ1n) is 8.21. The van der Waals surface area contributed by atoms with Crippen molar-refractivity contribution in [2.75, 3.05) is 26.1 Å². The van der Waals surface area contributed by atoms with E-state index in [1.54, 1.807) is 13.2 Å². The molecule has 3 N–H and O–H groups in total. The zero-order valence-electron chi connectivity index (χ0n) is 14.9. The first-order chi connectivity index (χ1) is 12.9. The maximum Gasteiger partial charge on any atom is 0.252 e. The van der Waals surface area contributed by atoms with Crippen LogP contribution in [0.25, 0.3) is 0 Å². The van der Waals surface area contributed by atoms with Crippen LogP contribution in [0.4, 0.5) is 5.69 Å². The number of fused-ring (bicyclic) bond motifs is 1. The number of carbonyl (C=O) groups is 2. The van der Waals surface area contributed by atoms with Crippen molar-refractivity contribution in [3.8, 4) is 17.2 Å². The van der Waals surface area contributed by atoms with Crippen LogP contribution in [-0.2, 0) is 11.2 Å². The Labute approximate surface area is 161 Å². The smallest absolute Gasteiger partial charge is 0.252 e. The minimum absolute atomic E-state index is 0.0928. The summed E-state index contributed by atoms with van der Waals surface area (Å²) in [6, 6.07) is 8.44. The third-order valence-corrected chi connectivity index (χ3v) is 4.55. The molecule has 3 rings (SSSR count). The largest absolute Gasteiger partial charge is 0.494 e. The number of ether oxygens (including phenoxy) is 3. The molecule has 0 unspecified atom stereocenters. The summed E-state index contributed by atoms with van der Waals surface area (Å²) in [6.07, 6.45) is 0.490. The van der Waals surface area contributed by atoms with Crippen LogP contribution >= 0.6 is 11.6 Å². The molecule has 0 aliphatic carbocycles. The average molecular weight is 391 g/mol. The maximum atomic E-state index is 12.8. The number of methoxy groups -OCH3 is 2. The number of anilines is 1. The van der Waals surface area contributed by atoms with Gasteiger partial charge in [0, 0.05) is 5.02 Å². The number of nitrogens with one attached hydrogen (secondary N) is 1. The van der Waals surface area contributed by atoms with Gasteiger partial charge in [0.25, 0.3) is 5.91 Å². The van der Waals surface area contributed by atoms with Gasteiger partial charge in [0.1, 0.15) is 6.61 Å². The highest BCUT2D eigenvalue weighted by Crippen LogP contribution is 2.37. The lowest BCUT2D eigenvalue weighted by Crippen LogP contribution is -2.33. The second-order valence-electron chi connectivity index (χ2n) is 6.05. The average Bonchev–Trinajstić information content (AvgIpc) is 2.66. The molecule has 0 saturated heterocycles. The van der Waals surface area contributed by atoms with Crippen LogP contribution in [0, 0.1) is 5.92 Å². The predicted octanol–water partition coefficient (Wildman–Crippen LogP) is 2.65. The molecule has 0 saturated carbocycles. The lowest BCUT2D eigenvalue weighted by Gasteiger charge is -2.26. The van der Waals surface area contributed by atoms with Gasteiger partial charge in [-0.2, -0.15) is 0 Å². The lowest BCUT2D eigenvalue weighted by molar-refractivity contribution is -0.121. The van der Waals surface area contributed by atoms with Crippen LogP contribution < -0.4 is 25.3 Å². The fourth-order valence-corrected chi connectivity index (χ4v) is 3.27. The normalized spacial score (nSPS) is 15.3. The second-order valence-corrected chi connectivity index (χ2v) is 6.48. The molecule has 0 radical (unpaired) electrons. The van der Waals surface area contributed by atoms with E-state index >= 15 is 0 Å². The summed E-state index contributed by atoms with van der Waals surface area (Å²) < 4.78 is 16.3. The predicted molar refractivity (Wildman–Crippen MR) is 101 cm³/mol. The Hall–Kier alpha value is -2.93. The van der Waals surface area contributed by atoms with E-state index in [-0.39, 0.29) is 34.5 Å². The number of rotatable bonds is 5. The number of benzene rings is 2. The van der Waals surface area contributed by atoms with Gasteiger partial charge in [-0.15, -0.1) is 0 Å². The fraction of sp³-hybridized carbons (Fsp3) is 0.263. The van der Waals surface area contributed by atoms with Crippen molar-refractivity contribution >= 4 is 29.1 Å². The molecule has 7 nitrogen and oxygen atoms in total. The molecule has 1 heterocycles. The van der Waals surface area contributed by atoms with Crippen molar-refractivity contribution in [3.05, 3.63) is 46.5 Å². The van der Waals surface area contributed by atoms with Gasteiger partial charge >= 0.3 is 0 Å². The van der Waals surface area contributed by atoms with Crippen LogP contribution in [0.2, 0.25) is 5.02 Å². The van der Waals surface area contributed by atoms with E-state index in [0.717, 1.165) is 5.56 Å². The van der Waals surface area contributed by atoms with Crippen LogP contribution in [-0.4, -0.2) is 32.6 Å². The number of carbonyl (C=O) groups excluding carboxylic acids is 2. The quantitative estimate of drug-likeness (QED) is 0.817. The Kier molecular flexibility index (Phi) is 5.41. The van der Waals surface area contributed by atoms with Crippen molar-refractivity contribution < 1.29 is 23.8 Å². The molecule has 2 aromatic carbocycles. The van der Waals surface area contributed by atoms with Gasteiger partial charge in [0.05, 0.1) is 31.4 Å². The highest BCUT2D eigenvalue weighted by atomic mass is 35.5. The summed E-state index contributed by atoms with van der Waals surface area (Å²) in [6.45, 7) is 0.199. The number of hydrogen-bond acceptors (Lipinski definition) is 5. The number of para-hydroxylation sites is 1. The van der Waals surface area contributed by atoms with E-state index in [0.29, 0.717) is 17.9 Å². The van der Waals surface area contributed by atoms with Crippen LogP contribution in [0.1, 0.15) is 15.9 Å². The number of amides is 2. The molecule has 1 aliphatic rings. The van der Waals surface area contributed by atoms with Gasteiger partial charge in [-0.25, -0.2) is 0 Å². The maximum absolute atomic E-state index is 12.8. The van der Waals surface area contributed by atoms with E-state index in [9.17, 15) is 9.59 Å². The lowest BCUT2D eigenvalue weighted by atomic mass is 9.95. The first kappa shape index (κ1) is 18.8. The van der Waals surface area contributed by atoms with E-state index in [4.69, 9.17) is 31.5 Å². The standard InChI is InChI=1S/C19H19ClN2O5/c1-25-15-5-3-4-10-6-11(9-27-16(10)15)19(24)22-14-8-12(20)7-13(18(21)23)17(14)26-2/h3-5,7-8,11H,6,9H2,1-2H3,(H2,21,23)(H,22,24)/t11-/m1/s1. The van der Waals surface area contributed by atoms with Crippen molar-refractivity contribution in [3.63, 3.8) is 0 Å². The van der Waals surface area contributed by atoms with Crippen molar-refractivity contribution in [2.45, 2.75) is 6.42 Å². The van der Waals surface area contributed by atoms with Crippen molar-refractivity contribution in [1.29, 1.82) is 0 Å². The van der Waals surface area contributed by atoms with Gasteiger partial charge in [-0.1, -0.05) is 23.7 Å². The Morgan fingerprint density at radius 3 is 2.70 bits per heavy atom. The molecule has 0 bridgehead atoms. The summed E-state index contributed by atoms with van der Waals surface area (Å²) in [4.78, 5) is 24.4. The third kappa shape index (κ3) is 3.78. The summed E-state index contributed by atoms with van der Waals surface area (Å²) in [7, 11) is 2.96. The number of halogens is 1. The minimum atomic E-state index is -0.702. The SMILES string of the molecule is COc1cccc2c1OC[C@H](C(=O)Nc1cc(Cl)cc(C(N)=O)c1OC)C2. The highest BCUT2D eigenvalue weighted by Gasteiger charge is 2.29. The fourth-order valence-electron chi connectivity index (χ4n) is 3.05. The second kappa shape index (κ2) is 7.75. The number of nitrogens with two attached hydrogens (primary N) is 1. The van der Waals surface area contributed by atoms with Crippen molar-refractivity contribution in [2.24, 2.45) is 11.7 Å². The monoisotopic (exact) mass is 390 g/mol. The van der Waals surface area contributed by atoms with Gasteiger partial charge in [-0.3, -0.25) is 9.59 Å². The van der Waals surface area contributed by atoms with E-state index in [1.807, 2.05) is 12.1 Å². The molecule has 27 heavy (non-hydrogen) atoms. The molecule has 8 heteroatoms. The Bertz CT molecular complexity index is 900. The van der Waals surface area contributed by atoms with Crippen LogP contribution in [0.3, 0.4) is 0 Å². The van der Waals surface area contributed by atoms with Crippen molar-refractivity contribution in [1.82, 2.24) is 0 Å². The molecule has 0 aromatic heterocycles. The molecular weight excluding hydrogens is 372 g/mol. The summed E-state index contributed by atoms with van der Waals surface area (Å²) in [5.41, 5.74) is 6.62.